The molecule has 0 unspecified atom stereocenters. The van der Waals surface area contributed by atoms with Crippen molar-refractivity contribution in [1.82, 2.24) is 15.5 Å². The summed E-state index contributed by atoms with van der Waals surface area (Å²) in [6, 6.07) is 7.43. The summed E-state index contributed by atoms with van der Waals surface area (Å²) in [5.41, 5.74) is 0.361. The molecule has 0 aliphatic rings. The third-order valence-electron chi connectivity index (χ3n) is 3.68. The van der Waals surface area contributed by atoms with Crippen molar-refractivity contribution >= 4 is 34.6 Å². The minimum atomic E-state index is -0.877. The van der Waals surface area contributed by atoms with Crippen molar-refractivity contribution in [2.45, 2.75) is 20.8 Å². The molecule has 1 heterocycles. The van der Waals surface area contributed by atoms with Gasteiger partial charge in [-0.05, 0) is 32.9 Å². The molecule has 160 valence electrons. The third-order valence-corrected chi connectivity index (χ3v) is 3.68. The molecule has 0 spiro atoms. The number of nitrogens with zero attached hydrogens (tertiary/aromatic N) is 1. The van der Waals surface area contributed by atoms with Crippen molar-refractivity contribution in [3.8, 4) is 0 Å². The number of para-hydroxylation sites is 1. The van der Waals surface area contributed by atoms with Gasteiger partial charge in [-0.2, -0.15) is 5.10 Å². The van der Waals surface area contributed by atoms with Gasteiger partial charge in [0.2, 0.25) is 0 Å². The Balaban J connectivity index is 2.29. The quantitative estimate of drug-likeness (QED) is 0.175. The first-order valence-corrected chi connectivity index (χ1v) is 9.39. The molecule has 30 heavy (non-hydrogen) atoms. The Labute approximate surface area is 173 Å². The van der Waals surface area contributed by atoms with Crippen molar-refractivity contribution in [3.63, 3.8) is 0 Å². The highest BCUT2D eigenvalue weighted by Gasteiger charge is 2.22. The summed E-state index contributed by atoms with van der Waals surface area (Å²) in [4.78, 5) is 36.4. The lowest BCUT2D eigenvalue weighted by Gasteiger charge is -2.10. The maximum absolute atomic E-state index is 12.3. The first kappa shape index (κ1) is 22.5. The summed E-state index contributed by atoms with van der Waals surface area (Å²) in [6.07, 6.45) is 2.37. The lowest BCUT2D eigenvalue weighted by Crippen LogP contribution is -2.24. The predicted octanol–water partition coefficient (Wildman–Crippen LogP) is 1.98. The SMILES string of the molecule is CCOC(=O)C(=CN/C(=C\Nc1n[nH]c2ccccc12)C(=O)OCC)C(=O)OCC. The number of benzene rings is 1. The van der Waals surface area contributed by atoms with E-state index >= 15 is 0 Å². The number of aromatic amines is 1. The highest BCUT2D eigenvalue weighted by atomic mass is 16.6. The molecule has 2 rings (SSSR count). The van der Waals surface area contributed by atoms with Gasteiger partial charge in [-0.15, -0.1) is 0 Å². The van der Waals surface area contributed by atoms with Crippen LogP contribution in [0.4, 0.5) is 5.82 Å². The van der Waals surface area contributed by atoms with E-state index in [0.29, 0.717) is 5.82 Å². The molecule has 10 heteroatoms. The van der Waals surface area contributed by atoms with Crippen molar-refractivity contribution in [2.24, 2.45) is 0 Å². The van der Waals surface area contributed by atoms with Crippen LogP contribution in [0, 0.1) is 0 Å². The van der Waals surface area contributed by atoms with E-state index in [2.05, 4.69) is 20.8 Å². The van der Waals surface area contributed by atoms with Crippen molar-refractivity contribution in [2.75, 3.05) is 25.1 Å². The van der Waals surface area contributed by atoms with E-state index in [1.54, 1.807) is 20.8 Å². The molecule has 2 aromatic rings. The van der Waals surface area contributed by atoms with Gasteiger partial charge >= 0.3 is 17.9 Å². The fraction of sp³-hybridized carbons (Fsp3) is 0.300. The van der Waals surface area contributed by atoms with E-state index in [1.807, 2.05) is 24.3 Å². The van der Waals surface area contributed by atoms with Gasteiger partial charge < -0.3 is 24.8 Å². The number of fused-ring (bicyclic) bond motifs is 1. The van der Waals surface area contributed by atoms with Crippen LogP contribution in [0.25, 0.3) is 10.9 Å². The van der Waals surface area contributed by atoms with Crippen LogP contribution in [0.3, 0.4) is 0 Å². The molecule has 0 radical (unpaired) electrons. The Morgan fingerprint density at radius 1 is 0.933 bits per heavy atom. The smallest absolute Gasteiger partial charge is 0.356 e. The summed E-state index contributed by atoms with van der Waals surface area (Å²) in [7, 11) is 0. The van der Waals surface area contributed by atoms with E-state index in [1.165, 1.54) is 6.20 Å². The number of esters is 3. The average Bonchev–Trinajstić information content (AvgIpc) is 3.14. The zero-order valence-electron chi connectivity index (χ0n) is 17.0. The third kappa shape index (κ3) is 5.84. The number of ether oxygens (including phenoxy) is 3. The number of hydrogen-bond donors (Lipinski definition) is 3. The molecule has 0 bridgehead atoms. The van der Waals surface area contributed by atoms with Crippen LogP contribution < -0.4 is 10.6 Å². The molecule has 10 nitrogen and oxygen atoms in total. The number of carbonyl (C=O) groups excluding carboxylic acids is 3. The van der Waals surface area contributed by atoms with Crippen LogP contribution in [0.1, 0.15) is 20.8 Å². The van der Waals surface area contributed by atoms with Gasteiger partial charge in [0.05, 0.1) is 25.3 Å². The highest BCUT2D eigenvalue weighted by molar-refractivity contribution is 6.14. The molecule has 0 saturated heterocycles. The van der Waals surface area contributed by atoms with Gasteiger partial charge in [-0.1, -0.05) is 12.1 Å². The molecule has 1 aromatic carbocycles. The molecular weight excluding hydrogens is 392 g/mol. The molecule has 0 atom stereocenters. The maximum Gasteiger partial charge on any atom is 0.356 e. The number of H-pyrrole nitrogens is 1. The molecule has 3 N–H and O–H groups in total. The number of rotatable bonds is 10. The minimum absolute atomic E-state index is 0.0602. The van der Waals surface area contributed by atoms with Crippen molar-refractivity contribution in [3.05, 3.63) is 47.9 Å². The van der Waals surface area contributed by atoms with E-state index in [9.17, 15) is 14.4 Å². The lowest BCUT2D eigenvalue weighted by atomic mass is 10.2. The number of carbonyl (C=O) groups is 3. The highest BCUT2D eigenvalue weighted by Crippen LogP contribution is 2.19. The Morgan fingerprint density at radius 3 is 2.17 bits per heavy atom. The number of aromatic nitrogens is 2. The van der Waals surface area contributed by atoms with Crippen LogP contribution in [-0.2, 0) is 28.6 Å². The van der Waals surface area contributed by atoms with Crippen LogP contribution >= 0.6 is 0 Å². The minimum Gasteiger partial charge on any atom is -0.462 e. The molecule has 0 amide bonds. The predicted molar refractivity (Wildman–Crippen MR) is 109 cm³/mol. The van der Waals surface area contributed by atoms with Crippen LogP contribution in [0.5, 0.6) is 0 Å². The number of hydrogen-bond acceptors (Lipinski definition) is 9. The molecule has 0 saturated carbocycles. The zero-order valence-corrected chi connectivity index (χ0v) is 17.0. The van der Waals surface area contributed by atoms with Crippen molar-refractivity contribution in [1.29, 1.82) is 0 Å². The Hall–Kier alpha value is -3.82. The molecule has 1 aromatic heterocycles. The van der Waals surface area contributed by atoms with E-state index in [-0.39, 0.29) is 31.1 Å². The summed E-state index contributed by atoms with van der Waals surface area (Å²) in [5, 5.41) is 13.3. The second-order valence-electron chi connectivity index (χ2n) is 5.68. The summed E-state index contributed by atoms with van der Waals surface area (Å²) >= 11 is 0. The van der Waals surface area contributed by atoms with Crippen LogP contribution in [0.2, 0.25) is 0 Å². The summed E-state index contributed by atoms with van der Waals surface area (Å²) < 4.78 is 14.7. The molecular formula is C20H24N4O6. The monoisotopic (exact) mass is 416 g/mol. The molecule has 0 fully saturated rings. The Kier molecular flexibility index (Phi) is 8.42. The van der Waals surface area contributed by atoms with E-state index in [4.69, 9.17) is 14.2 Å². The molecule has 0 aliphatic carbocycles. The Morgan fingerprint density at radius 2 is 1.53 bits per heavy atom. The standard InChI is InChI=1S/C20H24N4O6/c1-4-28-18(25)14(19(26)29-5-2)11-21-16(20(27)30-6-3)12-22-17-13-9-7-8-10-15(13)23-24-17/h7-12,21H,4-6H2,1-3H3,(H2,22,23,24)/b16-12-. The fourth-order valence-corrected chi connectivity index (χ4v) is 2.35. The topological polar surface area (TPSA) is 132 Å². The van der Waals surface area contributed by atoms with Gasteiger partial charge in [0.1, 0.15) is 5.70 Å². The van der Waals surface area contributed by atoms with Crippen molar-refractivity contribution < 1.29 is 28.6 Å². The zero-order chi connectivity index (χ0) is 21.9. The first-order valence-electron chi connectivity index (χ1n) is 9.39. The van der Waals surface area contributed by atoms with E-state index < -0.39 is 17.9 Å². The average molecular weight is 416 g/mol. The van der Waals surface area contributed by atoms with E-state index in [0.717, 1.165) is 17.1 Å². The first-order chi connectivity index (χ1) is 14.5. The maximum atomic E-state index is 12.3. The summed E-state index contributed by atoms with van der Waals surface area (Å²) in [6.45, 7) is 5.15. The lowest BCUT2D eigenvalue weighted by molar-refractivity contribution is -0.147. The normalized spacial score (nSPS) is 10.8. The van der Waals surface area contributed by atoms with Gasteiger partial charge in [-0.3, -0.25) is 5.10 Å². The number of nitrogens with one attached hydrogen (secondary N) is 3. The second kappa shape index (κ2) is 11.2. The second-order valence-corrected chi connectivity index (χ2v) is 5.68. The van der Waals surface area contributed by atoms with Gasteiger partial charge in [-0.25, -0.2) is 14.4 Å². The Bertz CT molecular complexity index is 943. The fourth-order valence-electron chi connectivity index (χ4n) is 2.35. The largest absolute Gasteiger partial charge is 0.462 e. The van der Waals surface area contributed by atoms with Gasteiger partial charge in [0, 0.05) is 17.8 Å². The summed E-state index contributed by atoms with van der Waals surface area (Å²) in [5.74, 6) is -1.97. The van der Waals surface area contributed by atoms with Gasteiger partial charge in [0.25, 0.3) is 0 Å². The number of anilines is 1. The van der Waals surface area contributed by atoms with Gasteiger partial charge in [0.15, 0.2) is 11.4 Å². The van der Waals surface area contributed by atoms with Crippen LogP contribution in [0.15, 0.2) is 47.9 Å². The molecule has 0 aliphatic heterocycles. The van der Waals surface area contributed by atoms with Crippen LogP contribution in [-0.4, -0.2) is 47.9 Å².